The standard InChI is InChI=1S/C12H24N2O/c1-8(2)11(9(3)4)13-14(7)12(15)10(5)6/h8-10H,1-7H3. The molecule has 0 aromatic heterocycles. The molecule has 3 nitrogen and oxygen atoms in total. The van der Waals surface area contributed by atoms with E-state index in [9.17, 15) is 4.79 Å². The van der Waals surface area contributed by atoms with E-state index in [1.807, 2.05) is 13.8 Å². The lowest BCUT2D eigenvalue weighted by Crippen LogP contribution is -2.29. The first kappa shape index (κ1) is 14.1. The predicted molar refractivity (Wildman–Crippen MR) is 64.7 cm³/mol. The molecule has 0 atom stereocenters. The number of nitrogens with zero attached hydrogens (tertiary/aromatic N) is 2. The van der Waals surface area contributed by atoms with Crippen molar-refractivity contribution in [2.24, 2.45) is 22.9 Å². The van der Waals surface area contributed by atoms with Crippen molar-refractivity contribution in [2.75, 3.05) is 7.05 Å². The van der Waals surface area contributed by atoms with Crippen molar-refractivity contribution >= 4 is 11.6 Å². The van der Waals surface area contributed by atoms with Crippen LogP contribution in [-0.2, 0) is 4.79 Å². The fourth-order valence-corrected chi connectivity index (χ4v) is 1.49. The Morgan fingerprint density at radius 3 is 1.60 bits per heavy atom. The molecule has 0 N–H and O–H groups in total. The van der Waals surface area contributed by atoms with Gasteiger partial charge in [-0.3, -0.25) is 4.79 Å². The van der Waals surface area contributed by atoms with Gasteiger partial charge in [-0.1, -0.05) is 41.5 Å². The molecule has 0 unspecified atom stereocenters. The summed E-state index contributed by atoms with van der Waals surface area (Å²) in [6.07, 6.45) is 0. The summed E-state index contributed by atoms with van der Waals surface area (Å²) in [5.74, 6) is 0.827. The Labute approximate surface area is 93.5 Å². The molecular formula is C12H24N2O. The van der Waals surface area contributed by atoms with E-state index >= 15 is 0 Å². The average Bonchev–Trinajstić information content (AvgIpc) is 2.11. The van der Waals surface area contributed by atoms with Crippen LogP contribution in [0, 0.1) is 17.8 Å². The SMILES string of the molecule is CC(C)C(=O)N(C)N=C(C(C)C)C(C)C. The smallest absolute Gasteiger partial charge is 0.244 e. The summed E-state index contributed by atoms with van der Waals surface area (Å²) >= 11 is 0. The van der Waals surface area contributed by atoms with Gasteiger partial charge in [0.05, 0.1) is 0 Å². The summed E-state index contributed by atoms with van der Waals surface area (Å²) in [5.41, 5.74) is 1.08. The number of hydrogen-bond donors (Lipinski definition) is 0. The number of carbonyl (C=O) groups excluding carboxylic acids is 1. The highest BCUT2D eigenvalue weighted by Gasteiger charge is 2.16. The van der Waals surface area contributed by atoms with E-state index in [-0.39, 0.29) is 11.8 Å². The minimum Gasteiger partial charge on any atom is -0.273 e. The predicted octanol–water partition coefficient (Wildman–Crippen LogP) is 2.77. The van der Waals surface area contributed by atoms with E-state index in [1.54, 1.807) is 7.05 Å². The Morgan fingerprint density at radius 2 is 1.33 bits per heavy atom. The summed E-state index contributed by atoms with van der Waals surface area (Å²) in [6, 6.07) is 0. The monoisotopic (exact) mass is 212 g/mol. The summed E-state index contributed by atoms with van der Waals surface area (Å²) < 4.78 is 0. The van der Waals surface area contributed by atoms with Crippen LogP contribution in [0.5, 0.6) is 0 Å². The Hall–Kier alpha value is -0.860. The Balaban J connectivity index is 4.76. The molecule has 0 saturated carbocycles. The highest BCUT2D eigenvalue weighted by atomic mass is 16.2. The minimum absolute atomic E-state index is 0.000625. The molecule has 3 heteroatoms. The fraction of sp³-hybridized carbons (Fsp3) is 0.833. The molecule has 0 heterocycles. The maximum Gasteiger partial charge on any atom is 0.244 e. The zero-order valence-electron chi connectivity index (χ0n) is 11.0. The fourth-order valence-electron chi connectivity index (χ4n) is 1.49. The van der Waals surface area contributed by atoms with Gasteiger partial charge in [0.15, 0.2) is 0 Å². The molecule has 88 valence electrons. The average molecular weight is 212 g/mol. The van der Waals surface area contributed by atoms with Crippen molar-refractivity contribution in [3.05, 3.63) is 0 Å². The van der Waals surface area contributed by atoms with Crippen LogP contribution in [0.15, 0.2) is 5.10 Å². The first-order valence-electron chi connectivity index (χ1n) is 5.63. The second-order valence-electron chi connectivity index (χ2n) is 4.85. The number of amides is 1. The van der Waals surface area contributed by atoms with Gasteiger partial charge < -0.3 is 0 Å². The van der Waals surface area contributed by atoms with E-state index < -0.39 is 0 Å². The van der Waals surface area contributed by atoms with Crippen molar-refractivity contribution in [1.82, 2.24) is 5.01 Å². The van der Waals surface area contributed by atoms with Crippen molar-refractivity contribution in [2.45, 2.75) is 41.5 Å². The van der Waals surface area contributed by atoms with Gasteiger partial charge in [-0.15, -0.1) is 0 Å². The van der Waals surface area contributed by atoms with Crippen LogP contribution in [0.4, 0.5) is 0 Å². The van der Waals surface area contributed by atoms with E-state index in [0.29, 0.717) is 11.8 Å². The molecule has 1 amide bonds. The molecule has 15 heavy (non-hydrogen) atoms. The Morgan fingerprint density at radius 1 is 0.933 bits per heavy atom. The quantitative estimate of drug-likeness (QED) is 0.521. The van der Waals surface area contributed by atoms with E-state index in [4.69, 9.17) is 0 Å². The lowest BCUT2D eigenvalue weighted by Gasteiger charge is -2.20. The number of hydrazone groups is 1. The highest BCUT2D eigenvalue weighted by molar-refractivity contribution is 5.89. The first-order chi connectivity index (χ1) is 6.77. The maximum absolute atomic E-state index is 11.6. The van der Waals surface area contributed by atoms with Crippen LogP contribution in [0.2, 0.25) is 0 Å². The van der Waals surface area contributed by atoms with Crippen LogP contribution in [0.25, 0.3) is 0 Å². The van der Waals surface area contributed by atoms with Gasteiger partial charge in [0.25, 0.3) is 0 Å². The molecule has 0 aliphatic heterocycles. The third-order valence-corrected chi connectivity index (χ3v) is 2.26. The van der Waals surface area contributed by atoms with Crippen molar-refractivity contribution < 1.29 is 4.79 Å². The van der Waals surface area contributed by atoms with Gasteiger partial charge in [-0.25, -0.2) is 5.01 Å². The van der Waals surface area contributed by atoms with Gasteiger partial charge >= 0.3 is 0 Å². The maximum atomic E-state index is 11.6. The van der Waals surface area contributed by atoms with E-state index in [0.717, 1.165) is 5.71 Å². The second-order valence-corrected chi connectivity index (χ2v) is 4.85. The molecular weight excluding hydrogens is 188 g/mol. The minimum atomic E-state index is -0.000625. The molecule has 0 aliphatic rings. The normalized spacial score (nSPS) is 11.1. The molecule has 0 aromatic carbocycles. The van der Waals surface area contributed by atoms with Crippen LogP contribution >= 0.6 is 0 Å². The zero-order valence-corrected chi connectivity index (χ0v) is 11.0. The molecule has 0 bridgehead atoms. The molecule has 0 rings (SSSR count). The highest BCUT2D eigenvalue weighted by Crippen LogP contribution is 2.10. The molecule has 0 radical (unpaired) electrons. The lowest BCUT2D eigenvalue weighted by atomic mass is 9.98. The van der Waals surface area contributed by atoms with Gasteiger partial charge in [-0.05, 0) is 11.8 Å². The lowest BCUT2D eigenvalue weighted by molar-refractivity contribution is -0.133. The van der Waals surface area contributed by atoms with Crippen LogP contribution in [-0.4, -0.2) is 23.7 Å². The molecule has 0 spiro atoms. The zero-order chi connectivity index (χ0) is 12.2. The second kappa shape index (κ2) is 5.89. The van der Waals surface area contributed by atoms with Crippen LogP contribution < -0.4 is 0 Å². The third kappa shape index (κ3) is 4.45. The van der Waals surface area contributed by atoms with E-state index in [1.165, 1.54) is 5.01 Å². The molecule has 0 aromatic rings. The summed E-state index contributed by atoms with van der Waals surface area (Å²) in [5, 5.41) is 5.87. The van der Waals surface area contributed by atoms with Gasteiger partial charge in [0.2, 0.25) is 5.91 Å². The Bertz CT molecular complexity index is 232. The van der Waals surface area contributed by atoms with Crippen molar-refractivity contribution in [3.63, 3.8) is 0 Å². The molecule has 0 aliphatic carbocycles. The van der Waals surface area contributed by atoms with E-state index in [2.05, 4.69) is 32.8 Å². The summed E-state index contributed by atoms with van der Waals surface area (Å²) in [4.78, 5) is 11.6. The molecule has 0 fully saturated rings. The third-order valence-electron chi connectivity index (χ3n) is 2.26. The van der Waals surface area contributed by atoms with Gasteiger partial charge in [-0.2, -0.15) is 5.10 Å². The van der Waals surface area contributed by atoms with Crippen LogP contribution in [0.1, 0.15) is 41.5 Å². The number of carbonyl (C=O) groups is 1. The van der Waals surface area contributed by atoms with Crippen molar-refractivity contribution in [3.8, 4) is 0 Å². The first-order valence-corrected chi connectivity index (χ1v) is 5.63. The van der Waals surface area contributed by atoms with Crippen LogP contribution in [0.3, 0.4) is 0 Å². The van der Waals surface area contributed by atoms with Gasteiger partial charge in [0.1, 0.15) is 0 Å². The number of hydrogen-bond acceptors (Lipinski definition) is 2. The number of rotatable bonds is 4. The molecule has 0 saturated heterocycles. The Kier molecular flexibility index (Phi) is 5.55. The topological polar surface area (TPSA) is 32.7 Å². The van der Waals surface area contributed by atoms with Crippen molar-refractivity contribution in [1.29, 1.82) is 0 Å². The summed E-state index contributed by atoms with van der Waals surface area (Å²) in [6.45, 7) is 12.2. The van der Waals surface area contributed by atoms with Gasteiger partial charge in [0, 0.05) is 18.7 Å². The summed E-state index contributed by atoms with van der Waals surface area (Å²) in [7, 11) is 1.73. The largest absolute Gasteiger partial charge is 0.273 e.